The maximum absolute atomic E-state index is 13.2. The number of aliphatic imine (C=N–C) groups is 1. The summed E-state index contributed by atoms with van der Waals surface area (Å²) in [6.45, 7) is 3.99. The Morgan fingerprint density at radius 3 is 2.50 bits per heavy atom. The molecule has 0 fully saturated rings. The number of hydrogen-bond donors (Lipinski definition) is 4. The van der Waals surface area contributed by atoms with E-state index < -0.39 is 11.9 Å². The van der Waals surface area contributed by atoms with Crippen molar-refractivity contribution in [3.05, 3.63) is 111 Å². The Morgan fingerprint density at radius 2 is 1.75 bits per heavy atom. The van der Waals surface area contributed by atoms with E-state index in [4.69, 9.17) is 16.6 Å². The summed E-state index contributed by atoms with van der Waals surface area (Å²) >= 11 is 6.42. The number of carbonyl (C=O) groups is 2. The fourth-order valence-electron chi connectivity index (χ4n) is 5.53. The van der Waals surface area contributed by atoms with Crippen molar-refractivity contribution < 1.29 is 19.8 Å². The molecule has 1 atom stereocenters. The summed E-state index contributed by atoms with van der Waals surface area (Å²) in [5.41, 5.74) is 7.47. The molecule has 0 radical (unpaired) electrons. The van der Waals surface area contributed by atoms with Gasteiger partial charge in [0.25, 0.3) is 0 Å². The lowest BCUT2D eigenvalue weighted by Crippen LogP contribution is -2.13. The summed E-state index contributed by atoms with van der Waals surface area (Å²) < 4.78 is 0. The predicted octanol–water partition coefficient (Wildman–Crippen LogP) is 7.34. The number of aromatic nitrogens is 1. The molecule has 0 bridgehead atoms. The van der Waals surface area contributed by atoms with Gasteiger partial charge < -0.3 is 20.5 Å². The van der Waals surface area contributed by atoms with E-state index in [0.29, 0.717) is 44.0 Å². The number of rotatable bonds is 5. The molecule has 0 aliphatic carbocycles. The normalized spacial score (nSPS) is 14.6. The monoisotopic (exact) mass is 549 g/mol. The van der Waals surface area contributed by atoms with Gasteiger partial charge in [0, 0.05) is 33.4 Å². The lowest BCUT2D eigenvalue weighted by Gasteiger charge is -2.14. The number of carbonyl (C=O) groups excluding carboxylic acids is 1. The fourth-order valence-corrected chi connectivity index (χ4v) is 5.74. The number of fused-ring (bicyclic) bond motifs is 2. The summed E-state index contributed by atoms with van der Waals surface area (Å²) in [7, 11) is 0. The van der Waals surface area contributed by atoms with Crippen LogP contribution < -0.4 is 5.32 Å². The van der Waals surface area contributed by atoms with Crippen LogP contribution in [0.3, 0.4) is 0 Å². The minimum atomic E-state index is -1.02. The first kappa shape index (κ1) is 25.4. The molecule has 1 aromatic heterocycles. The van der Waals surface area contributed by atoms with Gasteiger partial charge in [-0.25, -0.2) is 4.79 Å². The third-order valence-corrected chi connectivity index (χ3v) is 7.32. The highest BCUT2D eigenvalue weighted by molar-refractivity contribution is 6.31. The Balaban J connectivity index is 1.50. The number of H-pyrrole nitrogens is 1. The largest absolute Gasteiger partial charge is 0.494 e. The molecule has 1 aliphatic rings. The lowest BCUT2D eigenvalue weighted by molar-refractivity contribution is -0.116. The van der Waals surface area contributed by atoms with E-state index in [9.17, 15) is 19.8 Å². The van der Waals surface area contributed by atoms with Crippen molar-refractivity contribution in [2.45, 2.75) is 19.8 Å². The van der Waals surface area contributed by atoms with Crippen LogP contribution in [-0.2, 0) is 4.79 Å². The van der Waals surface area contributed by atoms with Crippen LogP contribution >= 0.6 is 11.6 Å². The van der Waals surface area contributed by atoms with E-state index in [-0.39, 0.29) is 17.4 Å². The summed E-state index contributed by atoms with van der Waals surface area (Å²) in [6, 6.07) is 21.6. The van der Waals surface area contributed by atoms with Gasteiger partial charge in [0.2, 0.25) is 5.91 Å². The Hall–Kier alpha value is -4.88. The van der Waals surface area contributed by atoms with Gasteiger partial charge in [0.05, 0.1) is 22.7 Å². The van der Waals surface area contributed by atoms with Crippen LogP contribution in [0.4, 0.5) is 11.4 Å². The molecular formula is C32H24ClN3O4. The van der Waals surface area contributed by atoms with Crippen molar-refractivity contribution in [2.24, 2.45) is 4.99 Å². The Bertz CT molecular complexity index is 1870. The zero-order chi connectivity index (χ0) is 28.1. The van der Waals surface area contributed by atoms with Gasteiger partial charge in [-0.05, 0) is 60.9 Å². The van der Waals surface area contributed by atoms with Gasteiger partial charge >= 0.3 is 5.97 Å². The lowest BCUT2D eigenvalue weighted by atomic mass is 9.89. The molecule has 7 nitrogen and oxygen atoms in total. The quantitative estimate of drug-likeness (QED) is 0.172. The van der Waals surface area contributed by atoms with Crippen LogP contribution in [0.2, 0.25) is 5.02 Å². The summed E-state index contributed by atoms with van der Waals surface area (Å²) in [4.78, 5) is 32.5. The molecule has 6 rings (SSSR count). The molecule has 5 aromatic rings. The first-order valence-electron chi connectivity index (χ1n) is 12.6. The van der Waals surface area contributed by atoms with Crippen molar-refractivity contribution in [2.75, 3.05) is 5.32 Å². The fraction of sp³-hybridized carbons (Fsp3) is 0.0938. The van der Waals surface area contributed by atoms with E-state index in [1.165, 1.54) is 6.07 Å². The Labute approximate surface area is 234 Å². The van der Waals surface area contributed by atoms with Crippen LogP contribution in [0.15, 0.2) is 77.8 Å². The van der Waals surface area contributed by atoms with Crippen LogP contribution in [0.1, 0.15) is 44.1 Å². The highest BCUT2D eigenvalue weighted by Gasteiger charge is 2.35. The SMILES string of the molecule is Cc1cc(C)cc(C2C(=O)Nc3cc(Cl)cc(N=Cc4c(O)[nH]c5cccc(-c6cccc(C(=O)O)c6)c45)c32)c1. The predicted molar refractivity (Wildman–Crippen MR) is 157 cm³/mol. The molecule has 198 valence electrons. The average molecular weight is 550 g/mol. The Morgan fingerprint density at radius 1 is 1.00 bits per heavy atom. The Kier molecular flexibility index (Phi) is 6.16. The molecule has 1 unspecified atom stereocenters. The number of aryl methyl sites for hydroxylation is 2. The third-order valence-electron chi connectivity index (χ3n) is 7.10. The first-order chi connectivity index (χ1) is 19.2. The van der Waals surface area contributed by atoms with Crippen molar-refractivity contribution in [3.63, 3.8) is 0 Å². The van der Waals surface area contributed by atoms with Crippen molar-refractivity contribution in [1.29, 1.82) is 0 Å². The topological polar surface area (TPSA) is 115 Å². The molecule has 1 amide bonds. The summed E-state index contributed by atoms with van der Waals surface area (Å²) in [5.74, 6) is -1.83. The number of aromatic amines is 1. The van der Waals surface area contributed by atoms with E-state index in [1.807, 2.05) is 50.2 Å². The van der Waals surface area contributed by atoms with E-state index in [0.717, 1.165) is 22.3 Å². The molecular weight excluding hydrogens is 526 g/mol. The second-order valence-corrected chi connectivity index (χ2v) is 10.4. The maximum Gasteiger partial charge on any atom is 0.335 e. The number of halogens is 1. The van der Waals surface area contributed by atoms with Gasteiger partial charge in [0.15, 0.2) is 5.88 Å². The molecule has 4 N–H and O–H groups in total. The van der Waals surface area contributed by atoms with Crippen molar-refractivity contribution >= 4 is 52.0 Å². The van der Waals surface area contributed by atoms with Crippen LogP contribution in [0.25, 0.3) is 22.0 Å². The second kappa shape index (κ2) is 9.70. The van der Waals surface area contributed by atoms with Crippen molar-refractivity contribution in [3.8, 4) is 17.0 Å². The number of nitrogens with one attached hydrogen (secondary N) is 2. The number of aromatic hydroxyl groups is 1. The van der Waals surface area contributed by atoms with Gasteiger partial charge in [-0.3, -0.25) is 9.79 Å². The molecule has 8 heteroatoms. The molecule has 4 aromatic carbocycles. The summed E-state index contributed by atoms with van der Waals surface area (Å²) in [5, 5.41) is 24.4. The van der Waals surface area contributed by atoms with Crippen molar-refractivity contribution in [1.82, 2.24) is 4.98 Å². The average Bonchev–Trinajstić information content (AvgIpc) is 3.41. The number of aromatic carboxylic acids is 1. The highest BCUT2D eigenvalue weighted by Crippen LogP contribution is 2.45. The van der Waals surface area contributed by atoms with Gasteiger partial charge in [0.1, 0.15) is 0 Å². The number of benzene rings is 4. The first-order valence-corrected chi connectivity index (χ1v) is 13.0. The maximum atomic E-state index is 13.2. The van der Waals surface area contributed by atoms with E-state index in [2.05, 4.69) is 16.4 Å². The number of nitrogens with zero attached hydrogens (tertiary/aromatic N) is 1. The minimum Gasteiger partial charge on any atom is -0.494 e. The van der Waals surface area contributed by atoms with Gasteiger partial charge in [-0.1, -0.05) is 65.2 Å². The highest BCUT2D eigenvalue weighted by atomic mass is 35.5. The van der Waals surface area contributed by atoms with Crippen LogP contribution in [-0.4, -0.2) is 33.3 Å². The van der Waals surface area contributed by atoms with E-state index in [1.54, 1.807) is 30.5 Å². The van der Waals surface area contributed by atoms with E-state index >= 15 is 0 Å². The number of amides is 1. The second-order valence-electron chi connectivity index (χ2n) is 9.99. The number of anilines is 1. The zero-order valence-electron chi connectivity index (χ0n) is 21.6. The molecule has 0 saturated carbocycles. The van der Waals surface area contributed by atoms with Gasteiger partial charge in [-0.15, -0.1) is 0 Å². The molecule has 0 spiro atoms. The smallest absolute Gasteiger partial charge is 0.335 e. The molecule has 2 heterocycles. The standard InChI is InChI=1S/C32H24ClN3O4/c1-16-9-17(2)11-20(10-16)27-29-25(13-21(33)14-26(29)36-31(27)38)34-15-23-28-22(7-4-8-24(28)35-30(23)37)18-5-3-6-19(12-18)32(39)40/h3-15,27,35,37H,1-2H3,(H,36,38)(H,39,40). The molecule has 1 aliphatic heterocycles. The zero-order valence-corrected chi connectivity index (χ0v) is 22.4. The van der Waals surface area contributed by atoms with Gasteiger partial charge in [-0.2, -0.15) is 0 Å². The van der Waals surface area contributed by atoms with Crippen LogP contribution in [0, 0.1) is 13.8 Å². The number of carboxylic acid groups (broad SMARTS) is 1. The summed E-state index contributed by atoms with van der Waals surface area (Å²) in [6.07, 6.45) is 1.55. The van der Waals surface area contributed by atoms with Crippen LogP contribution in [0.5, 0.6) is 5.88 Å². The molecule has 0 saturated heterocycles. The minimum absolute atomic E-state index is 0.0840. The third kappa shape index (κ3) is 4.40. The number of hydrogen-bond acceptors (Lipinski definition) is 4. The molecule has 40 heavy (non-hydrogen) atoms. The number of carboxylic acids is 1.